The van der Waals surface area contributed by atoms with Crippen LogP contribution in [0.1, 0.15) is 167 Å². The third kappa shape index (κ3) is 13.3. The van der Waals surface area contributed by atoms with Crippen LogP contribution in [-0.4, -0.2) is 0 Å². The summed E-state index contributed by atoms with van der Waals surface area (Å²) in [6, 6.07) is 43.5. The minimum absolute atomic E-state index is 0.157. The first kappa shape index (κ1) is 60.8. The molecule has 536 valence electrons. The summed E-state index contributed by atoms with van der Waals surface area (Å²) in [5.41, 5.74) is 21.9. The summed E-state index contributed by atoms with van der Waals surface area (Å²) in [7, 11) is 7.47. The zero-order valence-electron chi connectivity index (χ0n) is 75.8. The maximum atomic E-state index is 9.57. The second-order valence-electron chi connectivity index (χ2n) is 28.7. The number of nitriles is 1. The van der Waals surface area contributed by atoms with Crippen LogP contribution in [0.15, 0.2) is 187 Å². The molecule has 16 rings (SSSR count). The number of aromatic nitrogens is 4. The van der Waals surface area contributed by atoms with E-state index in [0.29, 0.717) is 119 Å². The molecule has 0 bridgehead atoms. The van der Waals surface area contributed by atoms with Crippen molar-refractivity contribution in [2.75, 3.05) is 0 Å². The highest BCUT2D eigenvalue weighted by molar-refractivity contribution is 6.15. The number of para-hydroxylation sites is 1. The first-order valence-corrected chi connectivity index (χ1v) is 35.7. The van der Waals surface area contributed by atoms with Crippen LogP contribution in [0.3, 0.4) is 0 Å². The van der Waals surface area contributed by atoms with Crippen molar-refractivity contribution in [1.29, 1.82) is 5.26 Å². The molecule has 16 aromatic rings. The van der Waals surface area contributed by atoms with Crippen LogP contribution in [0.5, 0.6) is 0 Å². The van der Waals surface area contributed by atoms with E-state index in [1.807, 2.05) is 201 Å². The Morgan fingerprint density at radius 1 is 0.361 bits per heavy atom. The maximum Gasteiger partial charge on any atom is 0.229 e. The van der Waals surface area contributed by atoms with E-state index >= 15 is 0 Å². The molecule has 0 atom stereocenters. The number of fused-ring (bicyclic) bond motifs is 12. The first-order chi connectivity index (χ1) is 55.8. The zero-order valence-corrected chi connectivity index (χ0v) is 64.8. The summed E-state index contributed by atoms with van der Waals surface area (Å²) in [5.74, 6) is -4.15. The van der Waals surface area contributed by atoms with Crippen LogP contribution in [0.2, 0.25) is 0 Å². The van der Waals surface area contributed by atoms with E-state index in [9.17, 15) is 5.26 Å². The van der Waals surface area contributed by atoms with E-state index in [1.165, 1.54) is 0 Å². The molecule has 0 aliphatic carbocycles. The minimum Gasteiger partial charge on any atom is -0.466 e. The van der Waals surface area contributed by atoms with Gasteiger partial charge in [-0.2, -0.15) is 23.5 Å². The minimum atomic E-state index is -1.09. The van der Waals surface area contributed by atoms with Crippen LogP contribution in [0.25, 0.3) is 147 Å². The molecule has 12 nitrogen and oxygen atoms in total. The molecule has 0 aliphatic rings. The number of nitrogens with zero attached hydrogens (tertiary/aromatic N) is 8. The normalized spacial score (nSPS) is 13.3. The lowest BCUT2D eigenvalue weighted by Crippen LogP contribution is -2.35. The molecule has 0 spiro atoms. The summed E-state index contributed by atoms with van der Waals surface area (Å²) in [5, 5.41) is 16.6. The van der Waals surface area contributed by atoms with Crippen molar-refractivity contribution >= 4 is 105 Å². The average Bonchev–Trinajstić information content (AvgIpc) is 1.69. The summed E-state index contributed by atoms with van der Waals surface area (Å²) >= 11 is 0. The molecule has 0 N–H and O–H groups in total. The van der Waals surface area contributed by atoms with Gasteiger partial charge in [-0.25, -0.2) is 14.5 Å². The van der Waals surface area contributed by atoms with Gasteiger partial charge < -0.3 is 17.7 Å². The smallest absolute Gasteiger partial charge is 0.229 e. The number of rotatable bonds is 8. The molecule has 12 heteroatoms. The molecule has 0 saturated carbocycles. The van der Waals surface area contributed by atoms with Gasteiger partial charge in [0.1, 0.15) is 72.9 Å². The Kier molecular flexibility index (Phi) is 16.6. The quantitative estimate of drug-likeness (QED) is 0.111. The van der Waals surface area contributed by atoms with Crippen molar-refractivity contribution in [2.45, 2.75) is 134 Å². The Balaban J connectivity index is 0.000000137. The largest absolute Gasteiger partial charge is 0.466 e. The molecule has 0 unspecified atom stereocenters. The van der Waals surface area contributed by atoms with Gasteiger partial charge in [-0.3, -0.25) is 0 Å². The van der Waals surface area contributed by atoms with Crippen LogP contribution in [-0.2, 0) is 28.2 Å². The van der Waals surface area contributed by atoms with Crippen LogP contribution < -0.4 is 18.3 Å². The molecule has 108 heavy (non-hydrogen) atoms. The van der Waals surface area contributed by atoms with Crippen molar-refractivity contribution in [1.82, 2.24) is 0 Å². The van der Waals surface area contributed by atoms with E-state index < -0.39 is 23.6 Å². The first-order valence-electron chi connectivity index (χ1n) is 41.2. The third-order valence-corrected chi connectivity index (χ3v) is 20.5. The lowest BCUT2D eigenvalue weighted by molar-refractivity contribution is -0.666. The fourth-order valence-corrected chi connectivity index (χ4v) is 14.0. The Labute approximate surface area is 648 Å². The molecular formula is C96H92N8O4+4. The van der Waals surface area contributed by atoms with Gasteiger partial charge in [-0.15, -0.1) is 0 Å². The number of furan rings is 4. The Morgan fingerprint density at radius 3 is 1.22 bits per heavy atom. The summed E-state index contributed by atoms with van der Waals surface area (Å²) < 4.78 is 128. The number of pyridine rings is 4. The van der Waals surface area contributed by atoms with Gasteiger partial charge >= 0.3 is 0 Å². The number of hydrogen-bond acceptors (Lipinski definition) is 5. The predicted molar refractivity (Wildman–Crippen MR) is 439 cm³/mol. The molecular weight excluding hydrogens is 1330 g/mol. The highest BCUT2D eigenvalue weighted by Crippen LogP contribution is 2.45. The van der Waals surface area contributed by atoms with Gasteiger partial charge in [0.15, 0.2) is 34.2 Å². The van der Waals surface area contributed by atoms with Gasteiger partial charge in [-0.1, -0.05) is 146 Å². The highest BCUT2D eigenvalue weighted by Gasteiger charge is 2.29. The van der Waals surface area contributed by atoms with Gasteiger partial charge in [-0.05, 0) is 126 Å². The fourth-order valence-electron chi connectivity index (χ4n) is 14.0. The number of benzene rings is 8. The average molecular weight is 1430 g/mol. The van der Waals surface area contributed by atoms with Gasteiger partial charge in [0.05, 0.1) is 63.2 Å². The van der Waals surface area contributed by atoms with E-state index in [2.05, 4.69) is 26.7 Å². The summed E-state index contributed by atoms with van der Waals surface area (Å²) in [4.78, 5) is 10.6. The standard InChI is InChI=1S/4C24H23N2O/c1-14(2)17-11-16(4)26(6)21(12-17)23-15(3)7-9-20-19-10-8-18(25-5)13-22(19)27-24(20)23;1-14(2)17-11-16(4)26(6)21(12-17)23-15(3)7-9-19-20-13-18(25-5)8-10-22(20)27-24(19)23;1-14(2)17-12-16(4)26(6)21(13-17)22-15(3)10-11-19-18-8-7-9-20(25-5)23(18)27-24(19)22;1-14(2)18-11-16(4)26(5)20(12-18)22-15(3)9-10-19-23-17(13-25)7-6-8-21(23)27-24(19)22/h3*7-14H,1-4,6H3;6-12,14H,1-5H3/q4*+1/i11D,12D,14D;11D,14D;12D,13D,14D;11D,12D,14D. The summed E-state index contributed by atoms with van der Waals surface area (Å²) in [6.45, 7) is 51.3. The monoisotopic (exact) mass is 1430 g/mol. The molecule has 0 fully saturated rings. The Bertz CT molecular complexity index is 7120. The second-order valence-corrected chi connectivity index (χ2v) is 28.7. The SMILES string of the molecule is [2H]c1c(C([2H])(C)C)c([2H])c(-c2c(C)ccc3c2oc2c([N+]#[C-])cccc23)[n+](C)c1C.[2H]c1c(C([2H])(C)C)c([2H])c(-c2c(C)ccc3c2oc2cc([N+]#[C-])ccc23)[n+](C)c1C.[2H]c1c(C([2H])(C)C)c([2H])c(-c2c(C)ccc3c2oc2cccc(C#N)c23)[n+](C)c1C.[2H]c1c(C([2H])(C)C)cc(-c2c(C)ccc3c2oc2ccc([N+]#[C-])cc23)[n+](C)c1C. The van der Waals surface area contributed by atoms with Gasteiger partial charge in [0.25, 0.3) is 0 Å². The number of hydrogen-bond donors (Lipinski definition) is 0. The molecule has 8 aromatic heterocycles. The molecule has 0 radical (unpaired) electrons. The molecule has 0 aliphatic heterocycles. The molecule has 0 amide bonds. The molecule has 8 aromatic carbocycles. The topological polar surface area (TPSA) is 105 Å². The zero-order chi connectivity index (χ0) is 87.0. The Hall–Kier alpha value is -12.5. The van der Waals surface area contributed by atoms with Crippen LogP contribution in [0, 0.1) is 86.4 Å². The van der Waals surface area contributed by atoms with E-state index in [-0.39, 0.29) is 36.3 Å². The van der Waals surface area contributed by atoms with E-state index in [0.717, 1.165) is 110 Å². The second kappa shape index (κ2) is 29.5. The maximum absolute atomic E-state index is 9.57. The van der Waals surface area contributed by atoms with Crippen molar-refractivity contribution < 1.29 is 51.0 Å². The van der Waals surface area contributed by atoms with Crippen molar-refractivity contribution in [3.8, 4) is 51.1 Å². The lowest BCUT2D eigenvalue weighted by atomic mass is 9.96. The van der Waals surface area contributed by atoms with Crippen molar-refractivity contribution in [3.05, 3.63) is 277 Å². The van der Waals surface area contributed by atoms with Crippen molar-refractivity contribution in [3.63, 3.8) is 0 Å². The van der Waals surface area contributed by atoms with Crippen LogP contribution in [0.4, 0.5) is 17.1 Å². The third-order valence-electron chi connectivity index (χ3n) is 20.5. The highest BCUT2D eigenvalue weighted by atomic mass is 16.3. The van der Waals surface area contributed by atoms with E-state index in [1.54, 1.807) is 77.9 Å². The summed E-state index contributed by atoms with van der Waals surface area (Å²) in [6.07, 6.45) is 0. The van der Waals surface area contributed by atoms with Crippen LogP contribution >= 0.6 is 0 Å². The van der Waals surface area contributed by atoms with E-state index in [4.69, 9.17) is 52.5 Å². The fraction of sp³-hybridized carbons (Fsp3) is 0.250. The number of aryl methyl sites for hydroxylation is 4. The van der Waals surface area contributed by atoms with Crippen molar-refractivity contribution in [2.24, 2.45) is 28.2 Å². The predicted octanol–water partition coefficient (Wildman–Crippen LogP) is 24.8. The molecule has 8 heterocycles. The Morgan fingerprint density at radius 2 is 0.741 bits per heavy atom. The van der Waals surface area contributed by atoms with Gasteiger partial charge in [0.2, 0.25) is 28.5 Å². The van der Waals surface area contributed by atoms with Gasteiger partial charge in [0, 0.05) is 125 Å². The molecule has 0 saturated heterocycles. The lowest BCUT2D eigenvalue weighted by Gasteiger charge is -2.11.